The summed E-state index contributed by atoms with van der Waals surface area (Å²) in [6, 6.07) is 6.03. The lowest BCUT2D eigenvalue weighted by Crippen LogP contribution is -2.13. The second-order valence-electron chi connectivity index (χ2n) is 3.63. The monoisotopic (exact) mass is 280 g/mol. The molecule has 8 heteroatoms. The molecule has 0 saturated heterocycles. The van der Waals surface area contributed by atoms with Crippen molar-refractivity contribution in [2.75, 3.05) is 17.6 Å². The van der Waals surface area contributed by atoms with Gasteiger partial charge in [-0.05, 0) is 24.3 Å². The van der Waals surface area contributed by atoms with E-state index in [0.717, 1.165) is 0 Å². The summed E-state index contributed by atoms with van der Waals surface area (Å²) in [5.41, 5.74) is 6.25. The summed E-state index contributed by atoms with van der Waals surface area (Å²) in [6.45, 7) is 0. The first-order valence-electron chi connectivity index (χ1n) is 5.25. The fraction of sp³-hybridized carbons (Fsp3) is 0.0909. The van der Waals surface area contributed by atoms with Crippen molar-refractivity contribution in [3.63, 3.8) is 0 Å². The van der Waals surface area contributed by atoms with Crippen molar-refractivity contribution in [2.24, 2.45) is 0 Å². The first-order chi connectivity index (χ1) is 9.01. The molecule has 19 heavy (non-hydrogen) atoms. The molecule has 7 nitrogen and oxygen atoms in total. The van der Waals surface area contributed by atoms with Gasteiger partial charge in [0.1, 0.15) is 0 Å². The number of aromatic nitrogens is 2. The molecule has 0 radical (unpaired) electrons. The van der Waals surface area contributed by atoms with Gasteiger partial charge in [0.25, 0.3) is 10.0 Å². The van der Waals surface area contributed by atoms with E-state index < -0.39 is 10.0 Å². The minimum Gasteiger partial charge on any atom is -0.467 e. The Morgan fingerprint density at radius 2 is 1.74 bits per heavy atom. The molecule has 1 aromatic carbocycles. The van der Waals surface area contributed by atoms with Gasteiger partial charge in [-0.3, -0.25) is 4.72 Å². The van der Waals surface area contributed by atoms with Crippen LogP contribution < -0.4 is 15.2 Å². The number of methoxy groups -OCH3 is 1. The second kappa shape index (κ2) is 5.11. The molecule has 0 saturated carbocycles. The number of anilines is 2. The molecule has 2 rings (SSSR count). The van der Waals surface area contributed by atoms with Gasteiger partial charge in [0, 0.05) is 5.69 Å². The van der Waals surface area contributed by atoms with Crippen LogP contribution in [0.4, 0.5) is 11.4 Å². The van der Waals surface area contributed by atoms with Crippen LogP contribution in [0.5, 0.6) is 6.01 Å². The number of hydrogen-bond acceptors (Lipinski definition) is 6. The molecule has 0 aliphatic rings. The van der Waals surface area contributed by atoms with E-state index >= 15 is 0 Å². The highest BCUT2D eigenvalue weighted by atomic mass is 32.2. The molecule has 0 unspecified atom stereocenters. The summed E-state index contributed by atoms with van der Waals surface area (Å²) < 4.78 is 31.2. The molecular weight excluding hydrogens is 268 g/mol. The Balaban J connectivity index is 2.23. The molecule has 0 aliphatic heterocycles. The van der Waals surface area contributed by atoms with Gasteiger partial charge in [0.05, 0.1) is 30.1 Å². The third-order valence-electron chi connectivity index (χ3n) is 2.25. The maximum Gasteiger partial charge on any atom is 0.316 e. The predicted molar refractivity (Wildman–Crippen MR) is 70.2 cm³/mol. The van der Waals surface area contributed by atoms with Crippen molar-refractivity contribution >= 4 is 21.4 Å². The largest absolute Gasteiger partial charge is 0.467 e. The predicted octanol–water partition coefficient (Wildman–Crippen LogP) is 0.868. The standard InChI is InChI=1S/C11H12N4O3S/c1-18-11-13-6-9(7-14-11)15-19(16,17)10-4-2-8(12)3-5-10/h2-7,15H,12H2,1H3. The minimum absolute atomic E-state index is 0.109. The van der Waals surface area contributed by atoms with E-state index in [1.54, 1.807) is 0 Å². The quantitative estimate of drug-likeness (QED) is 0.805. The number of nitrogens with two attached hydrogens (primary N) is 1. The Morgan fingerprint density at radius 1 is 1.16 bits per heavy atom. The van der Waals surface area contributed by atoms with E-state index in [4.69, 9.17) is 10.5 Å². The van der Waals surface area contributed by atoms with Crippen LogP contribution in [0.15, 0.2) is 41.6 Å². The molecule has 0 bridgehead atoms. The molecule has 2 aromatic rings. The molecular formula is C11H12N4O3S. The smallest absolute Gasteiger partial charge is 0.316 e. The van der Waals surface area contributed by atoms with Crippen molar-refractivity contribution in [3.8, 4) is 6.01 Å². The fourth-order valence-corrected chi connectivity index (χ4v) is 2.36. The molecule has 1 aromatic heterocycles. The van der Waals surface area contributed by atoms with Gasteiger partial charge < -0.3 is 10.5 Å². The third-order valence-corrected chi connectivity index (χ3v) is 3.65. The number of nitrogens with one attached hydrogen (secondary N) is 1. The first kappa shape index (κ1) is 13.1. The number of benzene rings is 1. The van der Waals surface area contributed by atoms with Crippen molar-refractivity contribution in [1.82, 2.24) is 9.97 Å². The van der Waals surface area contributed by atoms with Crippen LogP contribution in [0.2, 0.25) is 0 Å². The Hall–Kier alpha value is -2.35. The Bertz CT molecular complexity index is 653. The second-order valence-corrected chi connectivity index (χ2v) is 5.32. The summed E-state index contributed by atoms with van der Waals surface area (Å²) in [7, 11) is -2.25. The summed E-state index contributed by atoms with van der Waals surface area (Å²) in [5, 5.41) is 0. The Morgan fingerprint density at radius 3 is 2.26 bits per heavy atom. The number of nitrogens with zero attached hydrogens (tertiary/aromatic N) is 2. The molecule has 100 valence electrons. The number of ether oxygens (including phenoxy) is 1. The zero-order valence-corrected chi connectivity index (χ0v) is 10.9. The van der Waals surface area contributed by atoms with E-state index in [2.05, 4.69) is 14.7 Å². The van der Waals surface area contributed by atoms with Crippen LogP contribution in [-0.4, -0.2) is 25.5 Å². The van der Waals surface area contributed by atoms with E-state index in [-0.39, 0.29) is 16.6 Å². The fourth-order valence-electron chi connectivity index (χ4n) is 1.34. The average Bonchev–Trinajstić information content (AvgIpc) is 2.40. The van der Waals surface area contributed by atoms with Crippen LogP contribution >= 0.6 is 0 Å². The van der Waals surface area contributed by atoms with E-state index in [0.29, 0.717) is 5.69 Å². The maximum atomic E-state index is 12.0. The van der Waals surface area contributed by atoms with Crippen molar-refractivity contribution in [2.45, 2.75) is 4.90 Å². The normalized spacial score (nSPS) is 11.0. The van der Waals surface area contributed by atoms with Gasteiger partial charge in [-0.15, -0.1) is 0 Å². The number of rotatable bonds is 4. The highest BCUT2D eigenvalue weighted by Gasteiger charge is 2.14. The Labute approximate surface area is 110 Å². The van der Waals surface area contributed by atoms with Gasteiger partial charge in [-0.2, -0.15) is 0 Å². The van der Waals surface area contributed by atoms with Gasteiger partial charge >= 0.3 is 6.01 Å². The molecule has 0 amide bonds. The lowest BCUT2D eigenvalue weighted by molar-refractivity contribution is 0.380. The molecule has 0 aliphatic carbocycles. The van der Waals surface area contributed by atoms with Gasteiger partial charge in [-0.1, -0.05) is 0 Å². The Kier molecular flexibility index (Phi) is 3.52. The molecule has 1 heterocycles. The number of nitrogen functional groups attached to an aromatic ring is 1. The molecule has 3 N–H and O–H groups in total. The van der Waals surface area contributed by atoms with Gasteiger partial charge in [0.2, 0.25) is 0 Å². The maximum absolute atomic E-state index is 12.0. The molecule has 0 atom stereocenters. The van der Waals surface area contributed by atoms with Crippen molar-refractivity contribution < 1.29 is 13.2 Å². The average molecular weight is 280 g/mol. The SMILES string of the molecule is COc1ncc(NS(=O)(=O)c2ccc(N)cc2)cn1. The van der Waals surface area contributed by atoms with Crippen molar-refractivity contribution in [3.05, 3.63) is 36.7 Å². The summed E-state index contributed by atoms with van der Waals surface area (Å²) in [6.07, 6.45) is 2.64. The highest BCUT2D eigenvalue weighted by Crippen LogP contribution is 2.16. The lowest BCUT2D eigenvalue weighted by atomic mass is 10.3. The zero-order valence-electron chi connectivity index (χ0n) is 10.1. The van der Waals surface area contributed by atoms with Crippen molar-refractivity contribution in [1.29, 1.82) is 0 Å². The lowest BCUT2D eigenvalue weighted by Gasteiger charge is -2.07. The zero-order chi connectivity index (χ0) is 13.9. The van der Waals surface area contributed by atoms with E-state index in [1.807, 2.05) is 0 Å². The summed E-state index contributed by atoms with van der Waals surface area (Å²) >= 11 is 0. The topological polar surface area (TPSA) is 107 Å². The minimum atomic E-state index is -3.68. The molecule has 0 spiro atoms. The highest BCUT2D eigenvalue weighted by molar-refractivity contribution is 7.92. The van der Waals surface area contributed by atoms with Gasteiger partial charge in [-0.25, -0.2) is 18.4 Å². The summed E-state index contributed by atoms with van der Waals surface area (Å²) in [5.74, 6) is 0. The van der Waals surface area contributed by atoms with Crippen LogP contribution in [-0.2, 0) is 10.0 Å². The van der Waals surface area contributed by atoms with Crippen LogP contribution in [0.1, 0.15) is 0 Å². The first-order valence-corrected chi connectivity index (χ1v) is 6.74. The number of sulfonamides is 1. The molecule has 0 fully saturated rings. The van der Waals surface area contributed by atoms with E-state index in [1.165, 1.54) is 43.8 Å². The van der Waals surface area contributed by atoms with E-state index in [9.17, 15) is 8.42 Å². The van der Waals surface area contributed by atoms with Gasteiger partial charge in [0.15, 0.2) is 0 Å². The summed E-state index contributed by atoms with van der Waals surface area (Å²) in [4.78, 5) is 7.73. The van der Waals surface area contributed by atoms with Crippen LogP contribution in [0, 0.1) is 0 Å². The van der Waals surface area contributed by atoms with Crippen LogP contribution in [0.3, 0.4) is 0 Å². The third kappa shape index (κ3) is 3.10. The van der Waals surface area contributed by atoms with Crippen LogP contribution in [0.25, 0.3) is 0 Å². The number of hydrogen-bond donors (Lipinski definition) is 2.